The third kappa shape index (κ3) is 77.0. The van der Waals surface area contributed by atoms with Crippen LogP contribution in [-0.4, -0.2) is 151 Å². The van der Waals surface area contributed by atoms with E-state index < -0.39 is 0 Å². The van der Waals surface area contributed by atoms with Gasteiger partial charge >= 0.3 is 23.9 Å². The van der Waals surface area contributed by atoms with Crippen LogP contribution in [0.3, 0.4) is 0 Å². The molecule has 1 aliphatic rings. The zero-order chi connectivity index (χ0) is 89.4. The van der Waals surface area contributed by atoms with E-state index in [1.165, 1.54) is 347 Å². The maximum atomic E-state index is 14.0. The monoisotopic (exact) mass is 1740 g/mol. The lowest BCUT2D eigenvalue weighted by Gasteiger charge is -2.36. The van der Waals surface area contributed by atoms with Crippen LogP contribution < -0.4 is 0 Å². The van der Waals surface area contributed by atoms with Crippen molar-refractivity contribution >= 4 is 23.9 Å². The summed E-state index contributed by atoms with van der Waals surface area (Å²) < 4.78 is 36.5. The van der Waals surface area contributed by atoms with Crippen molar-refractivity contribution < 1.29 is 47.6 Å². The zero-order valence-corrected chi connectivity index (χ0v) is 84.6. The Kier molecular flexibility index (Phi) is 88.4. The van der Waals surface area contributed by atoms with E-state index in [1.807, 2.05) is 0 Å². The molecular formula is C110H215N3O10. The Morgan fingerprint density at radius 3 is 0.902 bits per heavy atom. The van der Waals surface area contributed by atoms with E-state index in [0.29, 0.717) is 99.5 Å². The SMILES string of the molecule is CCCCCC(CCCCC)CC(=O)OCCCCCCCCCCC(CCCCCCCCCCOC(=O)CC(CCCCC)C(CCCC)C(CCC)CC(CCCCC)CC(=O)OCCCCCCCCCCC(CCCCCCCCCCOC(=O)CC(CCCCC)CCCCC)COCCCN1CCN(C)CC1)COCCCN(C)CC. The van der Waals surface area contributed by atoms with Crippen LogP contribution in [0.2, 0.25) is 0 Å². The number of hydrogen-bond donors (Lipinski definition) is 0. The van der Waals surface area contributed by atoms with E-state index in [-0.39, 0.29) is 23.9 Å². The molecule has 6 unspecified atom stereocenters. The van der Waals surface area contributed by atoms with E-state index in [2.05, 4.69) is 91.1 Å². The van der Waals surface area contributed by atoms with Crippen molar-refractivity contribution in [2.45, 2.75) is 525 Å². The van der Waals surface area contributed by atoms with Gasteiger partial charge in [-0.1, -0.05) is 383 Å². The van der Waals surface area contributed by atoms with E-state index in [0.717, 1.165) is 162 Å². The number of ether oxygens (including phenoxy) is 6. The van der Waals surface area contributed by atoms with Crippen molar-refractivity contribution in [1.82, 2.24) is 14.7 Å². The van der Waals surface area contributed by atoms with Gasteiger partial charge in [0.05, 0.1) is 26.4 Å². The minimum atomic E-state index is 0.00344. The van der Waals surface area contributed by atoms with E-state index in [1.54, 1.807) is 0 Å². The van der Waals surface area contributed by atoms with Crippen molar-refractivity contribution in [1.29, 1.82) is 0 Å². The first kappa shape index (κ1) is 119. The van der Waals surface area contributed by atoms with Gasteiger partial charge in [-0.25, -0.2) is 0 Å². The zero-order valence-electron chi connectivity index (χ0n) is 84.6. The second-order valence-corrected chi connectivity index (χ2v) is 39.7. The Morgan fingerprint density at radius 2 is 0.561 bits per heavy atom. The smallest absolute Gasteiger partial charge is 0.306 e. The Morgan fingerprint density at radius 1 is 0.268 bits per heavy atom. The molecule has 0 bridgehead atoms. The lowest BCUT2D eigenvalue weighted by atomic mass is 9.69. The minimum Gasteiger partial charge on any atom is -0.466 e. The van der Waals surface area contributed by atoms with Crippen molar-refractivity contribution in [3.05, 3.63) is 0 Å². The molecule has 0 aliphatic carbocycles. The van der Waals surface area contributed by atoms with Crippen molar-refractivity contribution in [3.8, 4) is 0 Å². The Balaban J connectivity index is 2.59. The van der Waals surface area contributed by atoms with Gasteiger partial charge in [-0.3, -0.25) is 19.2 Å². The van der Waals surface area contributed by atoms with Crippen LogP contribution in [0, 0.1) is 47.3 Å². The molecule has 123 heavy (non-hydrogen) atoms. The lowest BCUT2D eigenvalue weighted by Crippen LogP contribution is -2.44. The number of esters is 4. The fraction of sp³-hybridized carbons (Fsp3) is 0.964. The van der Waals surface area contributed by atoms with Gasteiger partial charge in [-0.05, 0) is 184 Å². The highest BCUT2D eigenvalue weighted by Crippen LogP contribution is 2.41. The number of rotatable bonds is 98. The molecule has 0 saturated carbocycles. The molecule has 730 valence electrons. The average molecular weight is 1740 g/mol. The Hall–Kier alpha value is -2.32. The molecule has 0 N–H and O–H groups in total. The quantitative estimate of drug-likeness (QED) is 0.0325. The van der Waals surface area contributed by atoms with Crippen molar-refractivity contribution in [2.75, 3.05) is 113 Å². The van der Waals surface area contributed by atoms with E-state index in [4.69, 9.17) is 28.4 Å². The van der Waals surface area contributed by atoms with Gasteiger partial charge in [0.25, 0.3) is 0 Å². The molecule has 13 nitrogen and oxygen atoms in total. The van der Waals surface area contributed by atoms with Gasteiger partial charge in [-0.2, -0.15) is 0 Å². The molecule has 13 heteroatoms. The van der Waals surface area contributed by atoms with Gasteiger partial charge in [0.2, 0.25) is 0 Å². The maximum Gasteiger partial charge on any atom is 0.306 e. The highest BCUT2D eigenvalue weighted by molar-refractivity contribution is 5.70. The van der Waals surface area contributed by atoms with E-state index in [9.17, 15) is 19.2 Å². The summed E-state index contributed by atoms with van der Waals surface area (Å²) in [6, 6.07) is 0. The Bertz CT molecular complexity index is 2190. The third-order valence-electron chi connectivity index (χ3n) is 28.0. The average Bonchev–Trinajstić information content (AvgIpc) is 0.851. The molecule has 0 radical (unpaired) electrons. The first-order valence-corrected chi connectivity index (χ1v) is 55.2. The van der Waals surface area contributed by atoms with Crippen LogP contribution in [0.5, 0.6) is 0 Å². The van der Waals surface area contributed by atoms with Gasteiger partial charge < -0.3 is 43.1 Å². The predicted octanol–water partition coefficient (Wildman–Crippen LogP) is 31.6. The Labute approximate surface area is 766 Å². The van der Waals surface area contributed by atoms with Crippen molar-refractivity contribution in [2.24, 2.45) is 47.3 Å². The molecule has 0 spiro atoms. The van der Waals surface area contributed by atoms with Crippen LogP contribution in [0.15, 0.2) is 0 Å². The molecule has 1 fully saturated rings. The predicted molar refractivity (Wildman–Crippen MR) is 528 cm³/mol. The van der Waals surface area contributed by atoms with Crippen LogP contribution >= 0.6 is 0 Å². The molecule has 0 aromatic heterocycles. The second kappa shape index (κ2) is 91.6. The summed E-state index contributed by atoms with van der Waals surface area (Å²) in [5.74, 6) is 4.02. The molecule has 6 atom stereocenters. The van der Waals surface area contributed by atoms with Gasteiger partial charge in [0.15, 0.2) is 0 Å². The minimum absolute atomic E-state index is 0.00344. The maximum absolute atomic E-state index is 14.0. The number of likely N-dealkylation sites (N-methyl/N-ethyl adjacent to an activating group) is 1. The molecule has 0 amide bonds. The third-order valence-corrected chi connectivity index (χ3v) is 28.0. The number of unbranched alkanes of at least 4 members (excludes halogenated alkanes) is 41. The molecule has 1 aliphatic heterocycles. The summed E-state index contributed by atoms with van der Waals surface area (Å²) in [4.78, 5) is 60.6. The molecular weight excluding hydrogens is 1520 g/mol. The topological polar surface area (TPSA) is 133 Å². The molecule has 1 saturated heterocycles. The largest absolute Gasteiger partial charge is 0.466 e. The van der Waals surface area contributed by atoms with Crippen molar-refractivity contribution in [3.63, 3.8) is 0 Å². The number of carbonyl (C=O) groups is 4. The summed E-state index contributed by atoms with van der Waals surface area (Å²) in [7, 11) is 4.44. The lowest BCUT2D eigenvalue weighted by molar-refractivity contribution is -0.146. The standard InChI is InChI=1S/C110H215N3O10/c1-12-21-52-69-99(70-53-22-13-2)93-107(114)120-88-62-48-40-32-28-36-44-58-73-101(97-118-86-66-80-111(10)20-9)74-59-45-39-31-35-43-51-65-91-123-110(117)96-105(78-57-26-17-6)106(79-27-18-7)104(68-19-8)92-103(77-56-25-16-5)95-109(116)122-90-64-50-42-34-30-38-47-61-76-102(98-119-87-67-81-113-84-82-112(11)83-85-113)75-60-46-37-29-33-41-49-63-89-121-108(115)94-100(71-54-23-14-3)72-55-24-15-4/h99-106H,12-98H2,1-11H3. The molecule has 0 aromatic carbocycles. The first-order chi connectivity index (χ1) is 60.3. The number of piperazine rings is 1. The normalized spacial score (nSPS) is 14.4. The fourth-order valence-corrected chi connectivity index (χ4v) is 19.6. The summed E-state index contributed by atoms with van der Waals surface area (Å²) in [5, 5.41) is 0. The molecule has 0 aromatic rings. The number of carbonyl (C=O) groups excluding carboxylic acids is 4. The van der Waals surface area contributed by atoms with Crippen LogP contribution in [0.1, 0.15) is 525 Å². The van der Waals surface area contributed by atoms with E-state index >= 15 is 0 Å². The number of hydrogen-bond acceptors (Lipinski definition) is 13. The van der Waals surface area contributed by atoms with Gasteiger partial charge in [0.1, 0.15) is 0 Å². The summed E-state index contributed by atoms with van der Waals surface area (Å²) in [6.45, 7) is 34.4. The molecule has 1 heterocycles. The highest BCUT2D eigenvalue weighted by Gasteiger charge is 2.33. The van der Waals surface area contributed by atoms with Crippen LogP contribution in [0.25, 0.3) is 0 Å². The fourth-order valence-electron chi connectivity index (χ4n) is 19.6. The van der Waals surface area contributed by atoms with Crippen LogP contribution in [-0.2, 0) is 47.6 Å². The summed E-state index contributed by atoms with van der Waals surface area (Å²) in [5.41, 5.74) is 0. The van der Waals surface area contributed by atoms with Crippen LogP contribution in [0.4, 0.5) is 0 Å². The second-order valence-electron chi connectivity index (χ2n) is 39.7. The number of nitrogens with zero attached hydrogens (tertiary/aromatic N) is 3. The summed E-state index contributed by atoms with van der Waals surface area (Å²) in [6.07, 6.45) is 84.9. The van der Waals surface area contributed by atoms with Gasteiger partial charge in [-0.15, -0.1) is 0 Å². The molecule has 1 rings (SSSR count). The highest BCUT2D eigenvalue weighted by atomic mass is 16.5. The van der Waals surface area contributed by atoms with Gasteiger partial charge in [0, 0.05) is 91.4 Å². The first-order valence-electron chi connectivity index (χ1n) is 55.2. The summed E-state index contributed by atoms with van der Waals surface area (Å²) >= 11 is 0.